The van der Waals surface area contributed by atoms with Gasteiger partial charge in [-0.3, -0.25) is 10.5 Å². The van der Waals surface area contributed by atoms with Crippen LogP contribution in [0.3, 0.4) is 0 Å². The van der Waals surface area contributed by atoms with Crippen molar-refractivity contribution in [1.29, 1.82) is 5.41 Å². The van der Waals surface area contributed by atoms with E-state index in [0.29, 0.717) is 13.2 Å². The van der Waals surface area contributed by atoms with Gasteiger partial charge in [0.25, 0.3) is 0 Å². The molecule has 1 heterocycles. The second-order valence-electron chi connectivity index (χ2n) is 6.25. The zero-order chi connectivity index (χ0) is 18.8. The third kappa shape index (κ3) is 3.24. The first-order valence-electron chi connectivity index (χ1n) is 9.06. The molecule has 2 N–H and O–H groups in total. The average molecular weight is 359 g/mol. The lowest BCUT2D eigenvalue weighted by Crippen LogP contribution is -2.04. The maximum Gasteiger partial charge on any atom is 0.213 e. The van der Waals surface area contributed by atoms with Crippen molar-refractivity contribution in [2.24, 2.45) is 0 Å². The summed E-state index contributed by atoms with van der Waals surface area (Å²) in [6.45, 7) is 4.99. The summed E-state index contributed by atoms with van der Waals surface area (Å²) in [5, 5.41) is 18.8. The molecule has 4 aromatic rings. The second kappa shape index (κ2) is 7.11. The van der Waals surface area contributed by atoms with Crippen molar-refractivity contribution in [3.63, 3.8) is 0 Å². The number of rotatable bonds is 5. The van der Waals surface area contributed by atoms with E-state index in [0.717, 1.165) is 44.2 Å². The number of fused-ring (bicyclic) bond motifs is 2. The van der Waals surface area contributed by atoms with E-state index >= 15 is 0 Å². The molecular formula is C22H21N3O2. The van der Waals surface area contributed by atoms with Crippen molar-refractivity contribution in [1.82, 2.24) is 10.2 Å². The van der Waals surface area contributed by atoms with Crippen molar-refractivity contribution < 1.29 is 9.47 Å². The van der Waals surface area contributed by atoms with E-state index in [2.05, 4.69) is 34.5 Å². The number of aromatic nitrogens is 2. The standard InChI is InChI=1S/C22H21N3O2/c1-3-26-18-9-7-14-11-16(6-5-15(14)12-18)21-19-13-17(22(23)27-4-2)8-10-20(19)24-25-21/h5-13,23H,3-4H2,1-2H3,(H,24,25). The molecule has 0 aliphatic rings. The Morgan fingerprint density at radius 2 is 1.78 bits per heavy atom. The fraction of sp³-hybridized carbons (Fsp3) is 0.182. The molecule has 0 spiro atoms. The summed E-state index contributed by atoms with van der Waals surface area (Å²) < 4.78 is 10.9. The van der Waals surface area contributed by atoms with Gasteiger partial charge in [0, 0.05) is 16.5 Å². The minimum absolute atomic E-state index is 0.175. The number of nitrogens with one attached hydrogen (secondary N) is 2. The molecule has 0 fully saturated rings. The SMILES string of the molecule is CCOC(=N)c1ccc2[nH]nc(-c3ccc4cc(OCC)ccc4c3)c2c1. The van der Waals surface area contributed by atoms with Gasteiger partial charge in [-0.15, -0.1) is 0 Å². The molecule has 0 unspecified atom stereocenters. The molecule has 0 aliphatic heterocycles. The highest BCUT2D eigenvalue weighted by Gasteiger charge is 2.12. The Labute approximate surface area is 157 Å². The lowest BCUT2D eigenvalue weighted by molar-refractivity contribution is 0.325. The molecule has 4 rings (SSSR count). The molecule has 27 heavy (non-hydrogen) atoms. The maximum absolute atomic E-state index is 8.03. The lowest BCUT2D eigenvalue weighted by atomic mass is 10.0. The molecule has 0 aliphatic carbocycles. The summed E-state index contributed by atoms with van der Waals surface area (Å²) in [5.41, 5.74) is 3.57. The Morgan fingerprint density at radius 3 is 2.59 bits per heavy atom. The molecule has 3 aromatic carbocycles. The van der Waals surface area contributed by atoms with Gasteiger partial charge in [0.05, 0.1) is 24.4 Å². The topological polar surface area (TPSA) is 71.0 Å². The van der Waals surface area contributed by atoms with Gasteiger partial charge in [-0.25, -0.2) is 0 Å². The number of hydrogen-bond donors (Lipinski definition) is 2. The summed E-state index contributed by atoms with van der Waals surface area (Å²) in [5.74, 6) is 1.05. The zero-order valence-corrected chi connectivity index (χ0v) is 15.4. The molecule has 0 radical (unpaired) electrons. The predicted molar refractivity (Wildman–Crippen MR) is 109 cm³/mol. The number of hydrogen-bond acceptors (Lipinski definition) is 4. The number of benzene rings is 3. The molecule has 0 amide bonds. The molecule has 5 nitrogen and oxygen atoms in total. The Hall–Kier alpha value is -3.34. The first kappa shape index (κ1) is 17.1. The first-order chi connectivity index (χ1) is 13.2. The summed E-state index contributed by atoms with van der Waals surface area (Å²) in [7, 11) is 0. The smallest absolute Gasteiger partial charge is 0.213 e. The van der Waals surface area contributed by atoms with Gasteiger partial charge in [-0.1, -0.05) is 18.2 Å². The summed E-state index contributed by atoms with van der Waals surface area (Å²) >= 11 is 0. The van der Waals surface area contributed by atoms with Crippen LogP contribution in [-0.2, 0) is 4.74 Å². The van der Waals surface area contributed by atoms with Crippen LogP contribution in [0.25, 0.3) is 32.9 Å². The van der Waals surface area contributed by atoms with Crippen LogP contribution in [-0.4, -0.2) is 29.3 Å². The van der Waals surface area contributed by atoms with Crippen LogP contribution in [0, 0.1) is 5.41 Å². The van der Waals surface area contributed by atoms with Crippen LogP contribution in [0.4, 0.5) is 0 Å². The lowest BCUT2D eigenvalue weighted by Gasteiger charge is -2.07. The number of aromatic amines is 1. The van der Waals surface area contributed by atoms with E-state index < -0.39 is 0 Å². The first-order valence-corrected chi connectivity index (χ1v) is 9.06. The van der Waals surface area contributed by atoms with E-state index in [1.165, 1.54) is 0 Å². The van der Waals surface area contributed by atoms with Crippen molar-refractivity contribution in [3.05, 3.63) is 60.2 Å². The molecule has 5 heteroatoms. The Bertz CT molecular complexity index is 1130. The highest BCUT2D eigenvalue weighted by Crippen LogP contribution is 2.31. The van der Waals surface area contributed by atoms with E-state index in [9.17, 15) is 0 Å². The van der Waals surface area contributed by atoms with Crippen LogP contribution < -0.4 is 4.74 Å². The Morgan fingerprint density at radius 1 is 0.963 bits per heavy atom. The summed E-state index contributed by atoms with van der Waals surface area (Å²) in [6.07, 6.45) is 0. The van der Waals surface area contributed by atoms with Crippen molar-refractivity contribution >= 4 is 27.6 Å². The van der Waals surface area contributed by atoms with Crippen LogP contribution in [0.5, 0.6) is 5.75 Å². The van der Waals surface area contributed by atoms with Gasteiger partial charge in [0.15, 0.2) is 0 Å². The third-order valence-corrected chi connectivity index (χ3v) is 4.51. The fourth-order valence-corrected chi connectivity index (χ4v) is 3.23. The van der Waals surface area contributed by atoms with E-state index in [-0.39, 0.29) is 5.90 Å². The van der Waals surface area contributed by atoms with Gasteiger partial charge in [-0.05, 0) is 61.0 Å². The number of H-pyrrole nitrogens is 1. The van der Waals surface area contributed by atoms with Crippen molar-refractivity contribution in [3.8, 4) is 17.0 Å². The largest absolute Gasteiger partial charge is 0.494 e. The minimum atomic E-state index is 0.175. The highest BCUT2D eigenvalue weighted by molar-refractivity contribution is 6.01. The van der Waals surface area contributed by atoms with E-state index in [4.69, 9.17) is 14.9 Å². The van der Waals surface area contributed by atoms with E-state index in [1.54, 1.807) is 0 Å². The highest BCUT2D eigenvalue weighted by atomic mass is 16.5. The van der Waals surface area contributed by atoms with Gasteiger partial charge < -0.3 is 9.47 Å². The van der Waals surface area contributed by atoms with Gasteiger partial charge in [0.1, 0.15) is 5.75 Å². The van der Waals surface area contributed by atoms with Crippen LogP contribution in [0.1, 0.15) is 19.4 Å². The molecule has 1 aromatic heterocycles. The monoisotopic (exact) mass is 359 g/mol. The average Bonchev–Trinajstić information content (AvgIpc) is 3.11. The van der Waals surface area contributed by atoms with Crippen LogP contribution in [0.2, 0.25) is 0 Å². The maximum atomic E-state index is 8.03. The summed E-state index contributed by atoms with van der Waals surface area (Å²) in [4.78, 5) is 0. The van der Waals surface area contributed by atoms with Crippen LogP contribution >= 0.6 is 0 Å². The normalized spacial score (nSPS) is 11.0. The second-order valence-corrected chi connectivity index (χ2v) is 6.25. The molecule has 0 bridgehead atoms. The van der Waals surface area contributed by atoms with Gasteiger partial charge in [0.2, 0.25) is 5.90 Å². The van der Waals surface area contributed by atoms with Crippen molar-refractivity contribution in [2.45, 2.75) is 13.8 Å². The molecular weight excluding hydrogens is 338 g/mol. The van der Waals surface area contributed by atoms with Crippen molar-refractivity contribution in [2.75, 3.05) is 13.2 Å². The number of nitrogens with zero attached hydrogens (tertiary/aromatic N) is 1. The van der Waals surface area contributed by atoms with Gasteiger partial charge >= 0.3 is 0 Å². The van der Waals surface area contributed by atoms with Gasteiger partial charge in [-0.2, -0.15) is 5.10 Å². The molecule has 136 valence electrons. The summed E-state index contributed by atoms with van der Waals surface area (Å²) in [6, 6.07) is 18.1. The number of ether oxygens (including phenoxy) is 2. The quantitative estimate of drug-likeness (QED) is 0.383. The molecule has 0 saturated carbocycles. The van der Waals surface area contributed by atoms with E-state index in [1.807, 2.05) is 44.2 Å². The zero-order valence-electron chi connectivity index (χ0n) is 15.4. The third-order valence-electron chi connectivity index (χ3n) is 4.51. The Balaban J connectivity index is 1.78. The molecule has 0 atom stereocenters. The fourth-order valence-electron chi connectivity index (χ4n) is 3.23. The van der Waals surface area contributed by atoms with Crippen LogP contribution in [0.15, 0.2) is 54.6 Å². The molecule has 0 saturated heterocycles. The Kier molecular flexibility index (Phi) is 4.50. The predicted octanol–water partition coefficient (Wildman–Crippen LogP) is 5.14. The minimum Gasteiger partial charge on any atom is -0.494 e.